The van der Waals surface area contributed by atoms with E-state index in [1.165, 1.54) is 57.9 Å². The molecule has 0 spiro atoms. The van der Waals surface area contributed by atoms with E-state index in [0.717, 1.165) is 13.1 Å². The lowest BCUT2D eigenvalue weighted by molar-refractivity contribution is 0.0778. The van der Waals surface area contributed by atoms with Crippen LogP contribution in [0.5, 0.6) is 0 Å². The first-order chi connectivity index (χ1) is 8.35. The predicted octanol–water partition coefficient (Wildman–Crippen LogP) is 1.66. The van der Waals surface area contributed by atoms with Crippen molar-refractivity contribution in [1.82, 2.24) is 10.6 Å². The minimum absolute atomic E-state index is 0.192. The quantitative estimate of drug-likeness (QED) is 0.700. The predicted molar refractivity (Wildman–Crippen MR) is 71.1 cm³/mol. The molecule has 0 bridgehead atoms. The van der Waals surface area contributed by atoms with Gasteiger partial charge in [0.2, 0.25) is 0 Å². The van der Waals surface area contributed by atoms with Gasteiger partial charge in [-0.2, -0.15) is 0 Å². The third-order valence-electron chi connectivity index (χ3n) is 4.59. The smallest absolute Gasteiger partial charge is 0.0499 e. The van der Waals surface area contributed by atoms with Crippen molar-refractivity contribution in [3.8, 4) is 0 Å². The van der Waals surface area contributed by atoms with E-state index < -0.39 is 0 Å². The van der Waals surface area contributed by atoms with Crippen molar-refractivity contribution < 1.29 is 5.11 Å². The molecule has 0 radical (unpaired) electrons. The Morgan fingerprint density at radius 3 is 2.65 bits per heavy atom. The molecule has 1 aliphatic carbocycles. The summed E-state index contributed by atoms with van der Waals surface area (Å²) in [6.45, 7) is 3.70. The zero-order valence-corrected chi connectivity index (χ0v) is 11.0. The second kappa shape index (κ2) is 6.72. The molecular weight excluding hydrogens is 212 g/mol. The summed E-state index contributed by atoms with van der Waals surface area (Å²) >= 11 is 0. The largest absolute Gasteiger partial charge is 0.396 e. The van der Waals surface area contributed by atoms with Gasteiger partial charge in [0, 0.05) is 24.6 Å². The van der Waals surface area contributed by atoms with Crippen molar-refractivity contribution >= 4 is 0 Å². The van der Waals surface area contributed by atoms with E-state index >= 15 is 0 Å². The zero-order chi connectivity index (χ0) is 12.0. The third kappa shape index (κ3) is 3.94. The summed E-state index contributed by atoms with van der Waals surface area (Å²) in [6, 6.07) is 0.662. The average Bonchev–Trinajstić information content (AvgIpc) is 2.66. The summed E-state index contributed by atoms with van der Waals surface area (Å²) < 4.78 is 0. The fourth-order valence-corrected chi connectivity index (χ4v) is 3.28. The van der Waals surface area contributed by atoms with E-state index in [2.05, 4.69) is 10.6 Å². The molecule has 17 heavy (non-hydrogen) atoms. The Morgan fingerprint density at radius 2 is 1.88 bits per heavy atom. The fourth-order valence-electron chi connectivity index (χ4n) is 3.28. The molecule has 1 saturated carbocycles. The molecule has 0 aromatic carbocycles. The molecule has 0 amide bonds. The van der Waals surface area contributed by atoms with Crippen molar-refractivity contribution in [2.45, 2.75) is 57.4 Å². The number of aliphatic hydroxyl groups excluding tert-OH is 1. The normalized spacial score (nSPS) is 29.8. The summed E-state index contributed by atoms with van der Waals surface area (Å²) in [5.41, 5.74) is 0.192. The van der Waals surface area contributed by atoms with Crippen molar-refractivity contribution in [3.63, 3.8) is 0 Å². The van der Waals surface area contributed by atoms with Gasteiger partial charge in [-0.25, -0.2) is 0 Å². The highest BCUT2D eigenvalue weighted by molar-refractivity contribution is 4.86. The molecule has 1 unspecified atom stereocenters. The number of hydrogen-bond donors (Lipinski definition) is 3. The Hall–Kier alpha value is -0.120. The molecule has 2 fully saturated rings. The molecule has 2 rings (SSSR count). The minimum Gasteiger partial charge on any atom is -0.396 e. The lowest BCUT2D eigenvalue weighted by Crippen LogP contribution is -2.43. The molecule has 3 N–H and O–H groups in total. The Labute approximate surface area is 105 Å². The average molecular weight is 240 g/mol. The first-order valence-corrected chi connectivity index (χ1v) is 7.40. The Balaban J connectivity index is 1.77. The Morgan fingerprint density at radius 1 is 1.06 bits per heavy atom. The number of rotatable bonds is 4. The van der Waals surface area contributed by atoms with Gasteiger partial charge in [0.1, 0.15) is 0 Å². The molecule has 0 aromatic heterocycles. The summed E-state index contributed by atoms with van der Waals surface area (Å²) in [7, 11) is 0. The maximum absolute atomic E-state index is 9.67. The van der Waals surface area contributed by atoms with Gasteiger partial charge in [0.15, 0.2) is 0 Å². The van der Waals surface area contributed by atoms with Crippen LogP contribution in [0.2, 0.25) is 0 Å². The van der Waals surface area contributed by atoms with Gasteiger partial charge < -0.3 is 15.7 Å². The van der Waals surface area contributed by atoms with Gasteiger partial charge in [0.25, 0.3) is 0 Å². The lowest BCUT2D eigenvalue weighted by Gasteiger charge is -2.37. The molecule has 1 heterocycles. The first-order valence-electron chi connectivity index (χ1n) is 7.40. The van der Waals surface area contributed by atoms with Crippen LogP contribution in [0.4, 0.5) is 0 Å². The zero-order valence-electron chi connectivity index (χ0n) is 11.0. The van der Waals surface area contributed by atoms with Crippen LogP contribution in [0.3, 0.4) is 0 Å². The van der Waals surface area contributed by atoms with E-state index in [9.17, 15) is 5.11 Å². The van der Waals surface area contributed by atoms with Gasteiger partial charge in [-0.05, 0) is 45.2 Å². The molecule has 1 saturated heterocycles. The molecule has 0 aromatic rings. The van der Waals surface area contributed by atoms with E-state index in [4.69, 9.17) is 0 Å². The van der Waals surface area contributed by atoms with Gasteiger partial charge >= 0.3 is 0 Å². The van der Waals surface area contributed by atoms with Crippen LogP contribution in [-0.2, 0) is 0 Å². The number of aliphatic hydroxyl groups is 1. The van der Waals surface area contributed by atoms with Gasteiger partial charge in [0.05, 0.1) is 0 Å². The molecule has 3 nitrogen and oxygen atoms in total. The van der Waals surface area contributed by atoms with Crippen LogP contribution in [-0.4, -0.2) is 37.4 Å². The van der Waals surface area contributed by atoms with Crippen LogP contribution < -0.4 is 10.6 Å². The number of hydrogen-bond acceptors (Lipinski definition) is 3. The lowest BCUT2D eigenvalue weighted by atomic mass is 9.74. The monoisotopic (exact) mass is 240 g/mol. The van der Waals surface area contributed by atoms with Crippen molar-refractivity contribution in [2.75, 3.05) is 26.2 Å². The van der Waals surface area contributed by atoms with Crippen molar-refractivity contribution in [1.29, 1.82) is 0 Å². The first kappa shape index (κ1) is 13.3. The maximum Gasteiger partial charge on any atom is 0.0499 e. The summed E-state index contributed by atoms with van der Waals surface area (Å²) in [5, 5.41) is 16.8. The van der Waals surface area contributed by atoms with Crippen LogP contribution >= 0.6 is 0 Å². The van der Waals surface area contributed by atoms with E-state index in [1.54, 1.807) is 0 Å². The van der Waals surface area contributed by atoms with Crippen LogP contribution in [0.25, 0.3) is 0 Å². The second-order valence-corrected chi connectivity index (χ2v) is 5.98. The SMILES string of the molecule is OCC1(CNC2CCCNCC2)CCCCC1. The molecule has 3 heteroatoms. The number of nitrogens with one attached hydrogen (secondary N) is 2. The van der Waals surface area contributed by atoms with E-state index in [1.807, 2.05) is 0 Å². The second-order valence-electron chi connectivity index (χ2n) is 5.98. The topological polar surface area (TPSA) is 44.3 Å². The highest BCUT2D eigenvalue weighted by Gasteiger charge is 2.31. The van der Waals surface area contributed by atoms with Crippen molar-refractivity contribution in [3.05, 3.63) is 0 Å². The van der Waals surface area contributed by atoms with E-state index in [0.29, 0.717) is 12.6 Å². The Bertz CT molecular complexity index is 206. The Kier molecular flexibility index (Phi) is 5.26. The maximum atomic E-state index is 9.67. The highest BCUT2D eigenvalue weighted by atomic mass is 16.3. The highest BCUT2D eigenvalue weighted by Crippen LogP contribution is 2.35. The van der Waals surface area contributed by atoms with E-state index in [-0.39, 0.29) is 5.41 Å². The van der Waals surface area contributed by atoms with Gasteiger partial charge in [-0.15, -0.1) is 0 Å². The van der Waals surface area contributed by atoms with Crippen LogP contribution in [0.1, 0.15) is 51.4 Å². The van der Waals surface area contributed by atoms with Gasteiger partial charge in [-0.3, -0.25) is 0 Å². The minimum atomic E-state index is 0.192. The summed E-state index contributed by atoms with van der Waals surface area (Å²) in [5.74, 6) is 0. The molecule has 1 atom stereocenters. The third-order valence-corrected chi connectivity index (χ3v) is 4.59. The standard InChI is InChI=1S/C14H28N2O/c17-12-14(7-2-1-3-8-14)11-16-13-5-4-9-15-10-6-13/h13,15-17H,1-12H2. The van der Waals surface area contributed by atoms with Crippen molar-refractivity contribution in [2.24, 2.45) is 5.41 Å². The summed E-state index contributed by atoms with van der Waals surface area (Å²) in [6.07, 6.45) is 10.2. The molecular formula is C14H28N2O. The van der Waals surface area contributed by atoms with Crippen LogP contribution in [0.15, 0.2) is 0 Å². The van der Waals surface area contributed by atoms with Gasteiger partial charge in [-0.1, -0.05) is 19.3 Å². The fraction of sp³-hybridized carbons (Fsp3) is 1.00. The molecule has 1 aliphatic heterocycles. The molecule has 2 aliphatic rings. The summed E-state index contributed by atoms with van der Waals surface area (Å²) in [4.78, 5) is 0. The van der Waals surface area contributed by atoms with Crippen LogP contribution in [0, 0.1) is 5.41 Å². The molecule has 100 valence electrons.